The molecule has 2 aromatic carbocycles. The molecule has 3 aromatic rings. The predicted molar refractivity (Wildman–Crippen MR) is 150 cm³/mol. The number of nitrogens with zero attached hydrogens (tertiary/aromatic N) is 4. The molecule has 0 saturated heterocycles. The van der Waals surface area contributed by atoms with Crippen molar-refractivity contribution in [3.63, 3.8) is 0 Å². The van der Waals surface area contributed by atoms with Gasteiger partial charge in [-0.2, -0.15) is 5.26 Å². The zero-order valence-electron chi connectivity index (χ0n) is 21.0. The Morgan fingerprint density at radius 2 is 1.82 bits per heavy atom. The van der Waals surface area contributed by atoms with Crippen LogP contribution in [0.2, 0.25) is 0 Å². The number of thioether (sulfide) groups is 1. The van der Waals surface area contributed by atoms with Crippen LogP contribution in [-0.2, 0) is 9.59 Å². The molecule has 1 atom stereocenters. The van der Waals surface area contributed by atoms with E-state index >= 15 is 0 Å². The molecule has 3 N–H and O–H groups in total. The van der Waals surface area contributed by atoms with E-state index in [1.54, 1.807) is 4.90 Å². The standard InChI is InChI=1S/C28H26N6O2S2/c1-16-6-10-18(11-7-16)24-20(14-29)26(30)34(21-4-3-5-22(35)25(21)24)27-32-33-28(38-27)37-15-23(36)31-19-12-8-17(2)9-13-19/h6-13,24H,3-5,15,30H2,1-2H3,(H,31,36). The zero-order chi connectivity index (χ0) is 26.8. The van der Waals surface area contributed by atoms with Crippen molar-refractivity contribution in [2.75, 3.05) is 16.0 Å². The van der Waals surface area contributed by atoms with Crippen molar-refractivity contribution in [1.29, 1.82) is 5.26 Å². The molecular formula is C28H26N6O2S2. The van der Waals surface area contributed by atoms with Crippen LogP contribution >= 0.6 is 23.1 Å². The van der Waals surface area contributed by atoms with Gasteiger partial charge in [0.1, 0.15) is 5.82 Å². The van der Waals surface area contributed by atoms with Crippen molar-refractivity contribution in [2.24, 2.45) is 5.73 Å². The molecule has 192 valence electrons. The lowest BCUT2D eigenvalue weighted by Crippen LogP contribution is -2.38. The number of ketones is 1. The molecular weight excluding hydrogens is 516 g/mol. The lowest BCUT2D eigenvalue weighted by Gasteiger charge is -2.38. The summed E-state index contributed by atoms with van der Waals surface area (Å²) in [5.74, 6) is -0.208. The number of hydrogen-bond donors (Lipinski definition) is 2. The van der Waals surface area contributed by atoms with Crippen LogP contribution in [0.3, 0.4) is 0 Å². The van der Waals surface area contributed by atoms with E-state index in [0.29, 0.717) is 39.9 Å². The maximum absolute atomic E-state index is 13.2. The average Bonchev–Trinajstić information content (AvgIpc) is 3.37. The van der Waals surface area contributed by atoms with E-state index in [0.717, 1.165) is 28.1 Å². The summed E-state index contributed by atoms with van der Waals surface area (Å²) >= 11 is 2.55. The van der Waals surface area contributed by atoms with Gasteiger partial charge in [-0.3, -0.25) is 14.5 Å². The Morgan fingerprint density at radius 3 is 2.50 bits per heavy atom. The molecule has 8 nitrogen and oxygen atoms in total. The quantitative estimate of drug-likeness (QED) is 0.408. The molecule has 1 aliphatic heterocycles. The first-order chi connectivity index (χ1) is 18.4. The van der Waals surface area contributed by atoms with E-state index in [1.807, 2.05) is 62.4 Å². The molecule has 1 aliphatic carbocycles. The second kappa shape index (κ2) is 10.8. The Hall–Kier alpha value is -3.94. The van der Waals surface area contributed by atoms with Crippen molar-refractivity contribution in [2.45, 2.75) is 43.4 Å². The van der Waals surface area contributed by atoms with E-state index in [4.69, 9.17) is 5.73 Å². The fraction of sp³-hybridized carbons (Fsp3) is 0.250. The number of rotatable bonds is 6. The first-order valence-corrected chi connectivity index (χ1v) is 14.0. The van der Waals surface area contributed by atoms with Crippen LogP contribution in [0.5, 0.6) is 0 Å². The normalized spacial score (nSPS) is 17.3. The molecule has 1 amide bonds. The highest BCUT2D eigenvalue weighted by atomic mass is 32.2. The second-order valence-electron chi connectivity index (χ2n) is 9.28. The van der Waals surface area contributed by atoms with Gasteiger partial charge in [-0.25, -0.2) is 0 Å². The molecule has 38 heavy (non-hydrogen) atoms. The number of carbonyl (C=O) groups is 2. The van der Waals surface area contributed by atoms with Gasteiger partial charge < -0.3 is 11.1 Å². The van der Waals surface area contributed by atoms with Crippen LogP contribution in [-0.4, -0.2) is 27.6 Å². The summed E-state index contributed by atoms with van der Waals surface area (Å²) in [6, 6.07) is 17.7. The zero-order valence-corrected chi connectivity index (χ0v) is 22.7. The number of hydrogen-bond acceptors (Lipinski definition) is 9. The molecule has 0 spiro atoms. The van der Waals surface area contributed by atoms with Crippen LogP contribution in [0, 0.1) is 25.2 Å². The van der Waals surface area contributed by atoms with Crippen LogP contribution in [0.1, 0.15) is 41.9 Å². The largest absolute Gasteiger partial charge is 0.384 e. The van der Waals surface area contributed by atoms with Crippen molar-refractivity contribution < 1.29 is 9.59 Å². The molecule has 1 aromatic heterocycles. The lowest BCUT2D eigenvalue weighted by atomic mass is 9.75. The van der Waals surface area contributed by atoms with Crippen molar-refractivity contribution >= 4 is 45.6 Å². The Bertz CT molecular complexity index is 1500. The van der Waals surface area contributed by atoms with Gasteiger partial charge in [-0.15, -0.1) is 10.2 Å². The number of allylic oxidation sites excluding steroid dienone is 3. The monoisotopic (exact) mass is 542 g/mol. The van der Waals surface area contributed by atoms with Crippen LogP contribution in [0.4, 0.5) is 10.8 Å². The number of nitrogens with one attached hydrogen (secondary N) is 1. The summed E-state index contributed by atoms with van der Waals surface area (Å²) in [7, 11) is 0. The van der Waals surface area contributed by atoms with Gasteiger partial charge in [0.15, 0.2) is 10.1 Å². The molecule has 5 rings (SSSR count). The van der Waals surface area contributed by atoms with Crippen molar-refractivity contribution in [1.82, 2.24) is 10.2 Å². The topological polar surface area (TPSA) is 125 Å². The molecule has 2 aliphatic rings. The first kappa shape index (κ1) is 25.7. The number of aromatic nitrogens is 2. The molecule has 0 fully saturated rings. The third kappa shape index (κ3) is 5.08. The van der Waals surface area contributed by atoms with Crippen LogP contribution in [0.15, 0.2) is 75.5 Å². The number of amides is 1. The number of aryl methyl sites for hydroxylation is 2. The Morgan fingerprint density at radius 1 is 1.13 bits per heavy atom. The smallest absolute Gasteiger partial charge is 0.234 e. The van der Waals surface area contributed by atoms with Gasteiger partial charge >= 0.3 is 0 Å². The Labute approximate surface area is 229 Å². The fourth-order valence-electron chi connectivity index (χ4n) is 4.71. The van der Waals surface area contributed by atoms with Crippen LogP contribution in [0.25, 0.3) is 0 Å². The van der Waals surface area contributed by atoms with E-state index in [9.17, 15) is 14.9 Å². The third-order valence-corrected chi connectivity index (χ3v) is 8.61. The maximum Gasteiger partial charge on any atom is 0.234 e. The van der Waals surface area contributed by atoms with Gasteiger partial charge in [0, 0.05) is 23.4 Å². The van der Waals surface area contributed by atoms with Gasteiger partial charge in [0.2, 0.25) is 11.0 Å². The molecule has 2 heterocycles. The molecule has 0 radical (unpaired) electrons. The van der Waals surface area contributed by atoms with Gasteiger partial charge in [-0.1, -0.05) is 70.6 Å². The fourth-order valence-corrected chi connectivity index (χ4v) is 6.39. The second-order valence-corrected chi connectivity index (χ2v) is 11.5. The van der Waals surface area contributed by atoms with Gasteiger partial charge in [-0.05, 0) is 44.4 Å². The number of anilines is 2. The maximum atomic E-state index is 13.2. The summed E-state index contributed by atoms with van der Waals surface area (Å²) in [6.45, 7) is 3.98. The summed E-state index contributed by atoms with van der Waals surface area (Å²) < 4.78 is 0.593. The van der Waals surface area contributed by atoms with Crippen LogP contribution < -0.4 is 16.0 Å². The summed E-state index contributed by atoms with van der Waals surface area (Å²) in [6.07, 6.45) is 1.77. The highest BCUT2D eigenvalue weighted by molar-refractivity contribution is 8.01. The lowest BCUT2D eigenvalue weighted by molar-refractivity contribution is -0.116. The highest BCUT2D eigenvalue weighted by Crippen LogP contribution is 2.47. The van der Waals surface area contributed by atoms with E-state index in [2.05, 4.69) is 21.6 Å². The molecule has 0 bridgehead atoms. The number of carbonyl (C=O) groups excluding carboxylic acids is 2. The minimum absolute atomic E-state index is 0.0222. The Kier molecular flexibility index (Phi) is 7.31. The molecule has 0 saturated carbocycles. The molecule has 10 heteroatoms. The Balaban J connectivity index is 1.41. The molecule has 1 unspecified atom stereocenters. The van der Waals surface area contributed by atoms with E-state index in [-0.39, 0.29) is 23.3 Å². The minimum Gasteiger partial charge on any atom is -0.384 e. The highest BCUT2D eigenvalue weighted by Gasteiger charge is 2.41. The average molecular weight is 543 g/mol. The van der Waals surface area contributed by atoms with Gasteiger partial charge in [0.05, 0.1) is 23.3 Å². The summed E-state index contributed by atoms with van der Waals surface area (Å²) in [4.78, 5) is 27.4. The van der Waals surface area contributed by atoms with E-state index < -0.39 is 5.92 Å². The number of benzene rings is 2. The first-order valence-electron chi connectivity index (χ1n) is 12.2. The van der Waals surface area contributed by atoms with E-state index in [1.165, 1.54) is 23.1 Å². The van der Waals surface area contributed by atoms with Crippen molar-refractivity contribution in [3.8, 4) is 6.07 Å². The number of nitrogens with two attached hydrogens (primary N) is 1. The third-order valence-electron chi connectivity index (χ3n) is 6.57. The van der Waals surface area contributed by atoms with Crippen molar-refractivity contribution in [3.05, 3.63) is 87.9 Å². The number of nitriles is 1. The number of Topliss-reactive ketones (excluding diaryl/α,β-unsaturated/α-hetero) is 1. The minimum atomic E-state index is -0.508. The van der Waals surface area contributed by atoms with Gasteiger partial charge in [0.25, 0.3) is 0 Å². The summed E-state index contributed by atoms with van der Waals surface area (Å²) in [5.41, 5.74) is 12.1. The predicted octanol–water partition coefficient (Wildman–Crippen LogP) is 5.19. The SMILES string of the molecule is Cc1ccc(NC(=O)CSc2nnc(N3C(N)=C(C#N)C(c4ccc(C)cc4)C4=C3CCCC4=O)s2)cc1. The summed E-state index contributed by atoms with van der Waals surface area (Å²) in [5, 5.41) is 22.1.